The molecule has 0 spiro atoms. The van der Waals surface area contributed by atoms with Gasteiger partial charge in [0.05, 0.1) is 0 Å². The number of hydrogen-bond acceptors (Lipinski definition) is 2. The third kappa shape index (κ3) is 10.5. The van der Waals surface area contributed by atoms with Gasteiger partial charge in [0, 0.05) is 20.3 Å². The average molecular weight is 169 g/mol. The largest absolute Gasteiger partial charge is 0.385 e. The van der Waals surface area contributed by atoms with Crippen molar-refractivity contribution in [3.63, 3.8) is 0 Å². The lowest BCUT2D eigenvalue weighted by molar-refractivity contribution is 0.194. The van der Waals surface area contributed by atoms with Gasteiger partial charge in [-0.05, 0) is 6.42 Å². The van der Waals surface area contributed by atoms with Crippen molar-refractivity contribution in [1.82, 2.24) is 5.32 Å². The second-order valence-electron chi connectivity index (χ2n) is 1.64. The van der Waals surface area contributed by atoms with Crippen molar-refractivity contribution >= 4 is 18.4 Å². The number of carbonyl (C=O) groups is 1. The van der Waals surface area contributed by atoms with Crippen LogP contribution >= 0.6 is 12.4 Å². The van der Waals surface area contributed by atoms with E-state index in [0.717, 1.165) is 6.42 Å². The minimum absolute atomic E-state index is 0. The van der Waals surface area contributed by atoms with Gasteiger partial charge in [0.25, 0.3) is 0 Å². The van der Waals surface area contributed by atoms with Crippen LogP contribution in [0.15, 0.2) is 0 Å². The van der Waals surface area contributed by atoms with Crippen LogP contribution in [0.3, 0.4) is 0 Å². The molecule has 5 heteroatoms. The Morgan fingerprint density at radius 1 is 1.70 bits per heavy atom. The Labute approximate surface area is 66.5 Å². The number of urea groups is 1. The van der Waals surface area contributed by atoms with Crippen LogP contribution in [0.1, 0.15) is 6.42 Å². The predicted octanol–water partition coefficient (Wildman–Crippen LogP) is 0.113. The lowest BCUT2D eigenvalue weighted by Crippen LogP contribution is -2.30. The number of amides is 2. The number of carbonyl (C=O) groups excluding carboxylic acids is 1. The summed E-state index contributed by atoms with van der Waals surface area (Å²) in [5, 5.41) is 2.44. The lowest BCUT2D eigenvalue weighted by atomic mass is 10.4. The predicted molar refractivity (Wildman–Crippen MR) is 41.3 cm³/mol. The number of ether oxygens (including phenoxy) is 1. The summed E-state index contributed by atoms with van der Waals surface area (Å²) >= 11 is 0. The van der Waals surface area contributed by atoms with E-state index in [9.17, 15) is 4.79 Å². The minimum atomic E-state index is -0.480. The molecule has 3 N–H and O–H groups in total. The molecule has 0 saturated heterocycles. The first-order chi connectivity index (χ1) is 4.27. The van der Waals surface area contributed by atoms with Crippen LogP contribution in [0.2, 0.25) is 0 Å². The van der Waals surface area contributed by atoms with Crippen LogP contribution in [0.4, 0.5) is 4.79 Å². The highest BCUT2D eigenvalue weighted by molar-refractivity contribution is 5.85. The number of nitrogens with one attached hydrogen (secondary N) is 1. The van der Waals surface area contributed by atoms with Crippen molar-refractivity contribution < 1.29 is 9.53 Å². The van der Waals surface area contributed by atoms with Gasteiger partial charge in [-0.2, -0.15) is 0 Å². The number of rotatable bonds is 4. The summed E-state index contributed by atoms with van der Waals surface area (Å²) in [7, 11) is 1.62. The molecule has 0 aliphatic heterocycles. The Kier molecular flexibility index (Phi) is 10.4. The van der Waals surface area contributed by atoms with Gasteiger partial charge in [0.15, 0.2) is 0 Å². The Morgan fingerprint density at radius 2 is 2.30 bits per heavy atom. The zero-order chi connectivity index (χ0) is 7.11. The number of nitrogens with two attached hydrogens (primary N) is 1. The van der Waals surface area contributed by atoms with Crippen LogP contribution < -0.4 is 11.1 Å². The molecule has 0 unspecified atom stereocenters. The van der Waals surface area contributed by atoms with Crippen LogP contribution in [0, 0.1) is 0 Å². The normalized spacial score (nSPS) is 8.10. The molecule has 10 heavy (non-hydrogen) atoms. The standard InChI is InChI=1S/C5H12N2O2.ClH/c1-9-4-2-3-7-5(6)8;/h2-4H2,1H3,(H3,6,7,8);1H. The van der Waals surface area contributed by atoms with E-state index in [4.69, 9.17) is 10.5 Å². The van der Waals surface area contributed by atoms with E-state index < -0.39 is 6.03 Å². The summed E-state index contributed by atoms with van der Waals surface area (Å²) in [6, 6.07) is -0.480. The first kappa shape index (κ1) is 12.2. The molecule has 0 saturated carbocycles. The highest BCUT2D eigenvalue weighted by atomic mass is 35.5. The Balaban J connectivity index is 0. The SMILES string of the molecule is COCCCNC(N)=O.Cl. The maximum Gasteiger partial charge on any atom is 0.312 e. The van der Waals surface area contributed by atoms with Gasteiger partial charge in [-0.3, -0.25) is 0 Å². The van der Waals surface area contributed by atoms with E-state index in [1.54, 1.807) is 7.11 Å². The van der Waals surface area contributed by atoms with Gasteiger partial charge in [-0.1, -0.05) is 0 Å². The zero-order valence-corrected chi connectivity index (χ0v) is 6.74. The van der Waals surface area contributed by atoms with Crippen LogP contribution in [0.5, 0.6) is 0 Å². The number of methoxy groups -OCH3 is 1. The van der Waals surface area contributed by atoms with Crippen molar-refractivity contribution in [2.75, 3.05) is 20.3 Å². The molecule has 2 amide bonds. The molecule has 0 aromatic carbocycles. The topological polar surface area (TPSA) is 64.3 Å². The first-order valence-corrected chi connectivity index (χ1v) is 2.79. The van der Waals surface area contributed by atoms with Crippen molar-refractivity contribution in [3.05, 3.63) is 0 Å². The molecule has 0 radical (unpaired) electrons. The van der Waals surface area contributed by atoms with E-state index in [-0.39, 0.29) is 12.4 Å². The van der Waals surface area contributed by atoms with E-state index in [2.05, 4.69) is 5.32 Å². The molecule has 0 aromatic rings. The first-order valence-electron chi connectivity index (χ1n) is 2.79. The maximum absolute atomic E-state index is 10.0. The third-order valence-electron chi connectivity index (χ3n) is 0.824. The van der Waals surface area contributed by atoms with Gasteiger partial charge >= 0.3 is 6.03 Å². The van der Waals surface area contributed by atoms with E-state index in [1.165, 1.54) is 0 Å². The molecule has 0 heterocycles. The molecular formula is C5H13ClN2O2. The molecular weight excluding hydrogens is 156 g/mol. The summed E-state index contributed by atoms with van der Waals surface area (Å²) in [6.45, 7) is 1.24. The fourth-order valence-electron chi connectivity index (χ4n) is 0.428. The number of primary amides is 1. The molecule has 0 aliphatic carbocycles. The van der Waals surface area contributed by atoms with Gasteiger partial charge in [-0.15, -0.1) is 12.4 Å². The number of hydrogen-bond donors (Lipinski definition) is 2. The highest BCUT2D eigenvalue weighted by Gasteiger charge is 1.88. The summed E-state index contributed by atoms with van der Waals surface area (Å²) in [4.78, 5) is 10.0. The van der Waals surface area contributed by atoms with Crippen molar-refractivity contribution in [2.24, 2.45) is 5.73 Å². The molecule has 0 atom stereocenters. The monoisotopic (exact) mass is 168 g/mol. The smallest absolute Gasteiger partial charge is 0.312 e. The van der Waals surface area contributed by atoms with Crippen molar-refractivity contribution in [2.45, 2.75) is 6.42 Å². The molecule has 0 bridgehead atoms. The quantitative estimate of drug-likeness (QED) is 0.586. The Morgan fingerprint density at radius 3 is 2.70 bits per heavy atom. The highest BCUT2D eigenvalue weighted by Crippen LogP contribution is 1.75. The van der Waals surface area contributed by atoms with Gasteiger partial charge < -0.3 is 15.8 Å². The molecule has 0 rings (SSSR count). The molecule has 62 valence electrons. The summed E-state index contributed by atoms with van der Waals surface area (Å²) in [5.74, 6) is 0. The lowest BCUT2D eigenvalue weighted by Gasteiger charge is -1.98. The van der Waals surface area contributed by atoms with E-state index >= 15 is 0 Å². The summed E-state index contributed by atoms with van der Waals surface area (Å²) in [6.07, 6.45) is 0.805. The van der Waals surface area contributed by atoms with Crippen molar-refractivity contribution in [3.8, 4) is 0 Å². The second kappa shape index (κ2) is 8.52. The summed E-state index contributed by atoms with van der Waals surface area (Å²) in [5.41, 5.74) is 4.78. The van der Waals surface area contributed by atoms with Gasteiger partial charge in [-0.25, -0.2) is 4.79 Å². The molecule has 0 aromatic heterocycles. The average Bonchev–Trinajstić information content (AvgIpc) is 1.80. The Bertz CT molecular complexity index is 89.7. The fourth-order valence-corrected chi connectivity index (χ4v) is 0.428. The fraction of sp³-hybridized carbons (Fsp3) is 0.800. The summed E-state index contributed by atoms with van der Waals surface area (Å²) < 4.78 is 4.73. The van der Waals surface area contributed by atoms with Gasteiger partial charge in [0.1, 0.15) is 0 Å². The third-order valence-corrected chi connectivity index (χ3v) is 0.824. The minimum Gasteiger partial charge on any atom is -0.385 e. The zero-order valence-electron chi connectivity index (χ0n) is 5.92. The molecule has 4 nitrogen and oxygen atoms in total. The van der Waals surface area contributed by atoms with Crippen LogP contribution in [-0.2, 0) is 4.74 Å². The van der Waals surface area contributed by atoms with Crippen LogP contribution in [0.25, 0.3) is 0 Å². The second-order valence-corrected chi connectivity index (χ2v) is 1.64. The van der Waals surface area contributed by atoms with Crippen molar-refractivity contribution in [1.29, 1.82) is 0 Å². The molecule has 0 aliphatic rings. The van der Waals surface area contributed by atoms with Gasteiger partial charge in [0.2, 0.25) is 0 Å². The maximum atomic E-state index is 10.0. The van der Waals surface area contributed by atoms with E-state index in [0.29, 0.717) is 13.2 Å². The molecule has 0 fully saturated rings. The van der Waals surface area contributed by atoms with E-state index in [1.807, 2.05) is 0 Å². The van der Waals surface area contributed by atoms with Crippen LogP contribution in [-0.4, -0.2) is 26.3 Å². The Hall–Kier alpha value is -0.480. The number of halogens is 1.